The van der Waals surface area contributed by atoms with Crippen LogP contribution in [0.4, 0.5) is 5.13 Å². The predicted octanol–water partition coefficient (Wildman–Crippen LogP) is 2.19. The third kappa shape index (κ3) is 3.78. The van der Waals surface area contributed by atoms with Crippen molar-refractivity contribution in [2.75, 3.05) is 11.9 Å². The van der Waals surface area contributed by atoms with Crippen LogP contribution in [0, 0.1) is 6.92 Å². The van der Waals surface area contributed by atoms with Crippen molar-refractivity contribution in [2.45, 2.75) is 26.8 Å². The smallest absolute Gasteiger partial charge is 0.282 e. The van der Waals surface area contributed by atoms with Gasteiger partial charge in [0.05, 0.1) is 6.54 Å². The number of hydrogen-bond acceptors (Lipinski definition) is 6. The number of carbonyl (C=O) groups is 1. The molecule has 0 saturated heterocycles. The van der Waals surface area contributed by atoms with Gasteiger partial charge in [-0.2, -0.15) is 0 Å². The molecule has 0 fully saturated rings. The first-order valence-electron chi connectivity index (χ1n) is 6.10. The number of aromatic nitrogens is 2. The summed E-state index contributed by atoms with van der Waals surface area (Å²) in [6.07, 6.45) is 0.999. The van der Waals surface area contributed by atoms with Gasteiger partial charge in [0.25, 0.3) is 5.91 Å². The van der Waals surface area contributed by atoms with Gasteiger partial charge in [-0.1, -0.05) is 18.3 Å². The molecule has 2 N–H and O–H groups in total. The molecule has 0 radical (unpaired) electrons. The lowest BCUT2D eigenvalue weighted by Gasteiger charge is -1.99. The number of hydrogen-bond donors (Lipinski definition) is 2. The zero-order chi connectivity index (χ0) is 13.7. The second kappa shape index (κ2) is 6.33. The molecule has 0 atom stereocenters. The second-order valence-corrected chi connectivity index (χ2v) is 5.01. The Bertz CT molecular complexity index is 549. The maximum absolute atomic E-state index is 11.8. The first-order valence-corrected chi connectivity index (χ1v) is 6.91. The highest BCUT2D eigenvalue weighted by atomic mass is 32.1. The molecule has 1 amide bonds. The van der Waals surface area contributed by atoms with Crippen LogP contribution in [0.1, 0.15) is 34.7 Å². The molecule has 0 bridgehead atoms. The van der Waals surface area contributed by atoms with Gasteiger partial charge >= 0.3 is 0 Å². The highest BCUT2D eigenvalue weighted by molar-refractivity contribution is 7.17. The molecule has 6 nitrogen and oxygen atoms in total. The maximum Gasteiger partial charge on any atom is 0.282 e. The Kier molecular flexibility index (Phi) is 4.51. The van der Waals surface area contributed by atoms with Gasteiger partial charge in [0, 0.05) is 6.54 Å². The minimum Gasteiger partial charge on any atom is -0.465 e. The molecular weight excluding hydrogens is 264 g/mol. The predicted molar refractivity (Wildman–Crippen MR) is 73.3 cm³/mol. The van der Waals surface area contributed by atoms with E-state index in [4.69, 9.17) is 4.42 Å². The molecule has 2 aromatic rings. The molecule has 7 heteroatoms. The van der Waals surface area contributed by atoms with Crippen LogP contribution >= 0.6 is 11.3 Å². The fraction of sp³-hybridized carbons (Fsp3) is 0.417. The van der Waals surface area contributed by atoms with E-state index in [0.717, 1.165) is 24.5 Å². The molecule has 102 valence electrons. The Morgan fingerprint density at radius 2 is 2.26 bits per heavy atom. The van der Waals surface area contributed by atoms with Gasteiger partial charge in [0.15, 0.2) is 0 Å². The zero-order valence-corrected chi connectivity index (χ0v) is 11.7. The van der Waals surface area contributed by atoms with Gasteiger partial charge in [-0.3, -0.25) is 4.79 Å². The highest BCUT2D eigenvalue weighted by Gasteiger charge is 2.12. The van der Waals surface area contributed by atoms with E-state index in [9.17, 15) is 4.79 Å². The molecule has 0 aromatic carbocycles. The van der Waals surface area contributed by atoms with E-state index >= 15 is 0 Å². The number of anilines is 1. The van der Waals surface area contributed by atoms with E-state index in [-0.39, 0.29) is 5.91 Å². The van der Waals surface area contributed by atoms with Crippen molar-refractivity contribution < 1.29 is 9.21 Å². The number of carbonyl (C=O) groups excluding carboxylic acids is 1. The fourth-order valence-corrected chi connectivity index (χ4v) is 2.13. The monoisotopic (exact) mass is 280 g/mol. The summed E-state index contributed by atoms with van der Waals surface area (Å²) in [6.45, 7) is 5.10. The number of furan rings is 1. The van der Waals surface area contributed by atoms with E-state index in [0.29, 0.717) is 16.7 Å². The summed E-state index contributed by atoms with van der Waals surface area (Å²) in [5.41, 5.74) is 0. The molecule has 2 rings (SSSR count). The van der Waals surface area contributed by atoms with Crippen LogP contribution in [0.2, 0.25) is 0 Å². The molecule has 0 saturated carbocycles. The standard InChI is InChI=1S/C12H16N4O2S/c1-3-6-13-12-16-15-11(19-12)10(17)14-7-9-5-4-8(2)18-9/h4-5H,3,6-7H2,1-2H3,(H,13,16)(H,14,17). The van der Waals surface area contributed by atoms with Crippen LogP contribution in [0.5, 0.6) is 0 Å². The van der Waals surface area contributed by atoms with E-state index in [1.807, 2.05) is 19.1 Å². The second-order valence-electron chi connectivity index (χ2n) is 4.03. The SMILES string of the molecule is CCCNc1nnc(C(=O)NCc2ccc(C)o2)s1. The van der Waals surface area contributed by atoms with Crippen molar-refractivity contribution in [1.29, 1.82) is 0 Å². The molecule has 0 unspecified atom stereocenters. The number of nitrogens with one attached hydrogen (secondary N) is 2. The third-order valence-corrected chi connectivity index (χ3v) is 3.24. The van der Waals surface area contributed by atoms with Crippen LogP contribution in [0.25, 0.3) is 0 Å². The molecule has 0 aliphatic carbocycles. The quantitative estimate of drug-likeness (QED) is 0.848. The molecule has 0 aliphatic rings. The van der Waals surface area contributed by atoms with Crippen molar-refractivity contribution in [3.8, 4) is 0 Å². The van der Waals surface area contributed by atoms with E-state index < -0.39 is 0 Å². The molecule has 2 aromatic heterocycles. The fourth-order valence-electron chi connectivity index (χ4n) is 1.44. The van der Waals surface area contributed by atoms with Crippen LogP contribution in [-0.4, -0.2) is 22.6 Å². The van der Waals surface area contributed by atoms with Crippen molar-refractivity contribution >= 4 is 22.4 Å². The average molecular weight is 280 g/mol. The minimum atomic E-state index is -0.240. The van der Waals surface area contributed by atoms with Crippen LogP contribution in [0.3, 0.4) is 0 Å². The number of rotatable bonds is 6. The van der Waals surface area contributed by atoms with Crippen molar-refractivity contribution in [1.82, 2.24) is 15.5 Å². The summed E-state index contributed by atoms with van der Waals surface area (Å²) in [6, 6.07) is 3.70. The van der Waals surface area contributed by atoms with Crippen molar-refractivity contribution in [3.63, 3.8) is 0 Å². The normalized spacial score (nSPS) is 10.4. The summed E-state index contributed by atoms with van der Waals surface area (Å²) in [7, 11) is 0. The zero-order valence-electron chi connectivity index (χ0n) is 10.9. The minimum absolute atomic E-state index is 0.240. The van der Waals surface area contributed by atoms with Gasteiger partial charge < -0.3 is 15.1 Å². The molecule has 0 spiro atoms. The Morgan fingerprint density at radius 1 is 1.42 bits per heavy atom. The number of nitrogens with zero attached hydrogens (tertiary/aromatic N) is 2. The summed E-state index contributed by atoms with van der Waals surface area (Å²) < 4.78 is 5.37. The van der Waals surface area contributed by atoms with Gasteiger partial charge in [-0.05, 0) is 25.5 Å². The Hall–Kier alpha value is -1.89. The molecule has 19 heavy (non-hydrogen) atoms. The van der Waals surface area contributed by atoms with Crippen molar-refractivity contribution in [2.24, 2.45) is 0 Å². The lowest BCUT2D eigenvalue weighted by atomic mass is 10.4. The maximum atomic E-state index is 11.8. The van der Waals surface area contributed by atoms with Gasteiger partial charge in [-0.15, -0.1) is 10.2 Å². The van der Waals surface area contributed by atoms with E-state index in [2.05, 4.69) is 27.8 Å². The number of aryl methyl sites for hydroxylation is 1. The van der Waals surface area contributed by atoms with Gasteiger partial charge in [-0.25, -0.2) is 0 Å². The van der Waals surface area contributed by atoms with Crippen molar-refractivity contribution in [3.05, 3.63) is 28.7 Å². The van der Waals surface area contributed by atoms with Gasteiger partial charge in [0.1, 0.15) is 11.5 Å². The van der Waals surface area contributed by atoms with E-state index in [1.54, 1.807) is 0 Å². The van der Waals surface area contributed by atoms with Crippen LogP contribution in [-0.2, 0) is 6.54 Å². The topological polar surface area (TPSA) is 80.0 Å². The third-order valence-electron chi connectivity index (χ3n) is 2.36. The first kappa shape index (κ1) is 13.5. The largest absolute Gasteiger partial charge is 0.465 e. The summed E-state index contributed by atoms with van der Waals surface area (Å²) in [4.78, 5) is 11.8. The van der Waals surface area contributed by atoms with Gasteiger partial charge in [0.2, 0.25) is 10.1 Å². The average Bonchev–Trinajstić information content (AvgIpc) is 3.02. The Balaban J connectivity index is 1.87. The number of amides is 1. The summed E-state index contributed by atoms with van der Waals surface area (Å²) in [5.74, 6) is 1.31. The van der Waals surface area contributed by atoms with E-state index in [1.165, 1.54) is 11.3 Å². The Morgan fingerprint density at radius 3 is 2.95 bits per heavy atom. The first-order chi connectivity index (χ1) is 9.19. The highest BCUT2D eigenvalue weighted by Crippen LogP contribution is 2.15. The molecule has 2 heterocycles. The Labute approximate surface area is 115 Å². The van der Waals surface area contributed by atoms with Crippen LogP contribution < -0.4 is 10.6 Å². The summed E-state index contributed by atoms with van der Waals surface area (Å²) >= 11 is 1.25. The molecule has 0 aliphatic heterocycles. The van der Waals surface area contributed by atoms with Crippen LogP contribution in [0.15, 0.2) is 16.5 Å². The lowest BCUT2D eigenvalue weighted by molar-refractivity contribution is 0.0947. The lowest BCUT2D eigenvalue weighted by Crippen LogP contribution is -2.22. The summed E-state index contributed by atoms with van der Waals surface area (Å²) in [5, 5.41) is 14.6. The molecular formula is C12H16N4O2S.